The number of fused-ring (bicyclic) bond motifs is 3. The monoisotopic (exact) mass is 449 g/mol. The van der Waals surface area contributed by atoms with Crippen molar-refractivity contribution in [1.82, 2.24) is 14.9 Å². The molecule has 0 saturated carbocycles. The number of nitrogens with two attached hydrogens (primary N) is 1. The standard InChI is InChI=1S/C22H19N5O4S/c1-12(32-22-26-25-20(27(22)23)17-8-5-9-30-17)21(28)24-15-11-18-14(10-19(15)29-2)13-6-3-4-7-16(13)31-18/h3-12H,23H2,1-2H3,(H,24,28). The molecule has 162 valence electrons. The SMILES string of the molecule is COc1cc2c(cc1NC(=O)C(C)Sc1nnc(-c3ccco3)n1N)oc1ccccc12. The van der Waals surface area contributed by atoms with E-state index in [2.05, 4.69) is 15.5 Å². The van der Waals surface area contributed by atoms with E-state index < -0.39 is 5.25 Å². The van der Waals surface area contributed by atoms with Crippen molar-refractivity contribution < 1.29 is 18.4 Å². The number of nitrogens with zero attached hydrogens (tertiary/aromatic N) is 3. The molecular weight excluding hydrogens is 430 g/mol. The zero-order valence-corrected chi connectivity index (χ0v) is 18.1. The number of hydrogen-bond donors (Lipinski definition) is 2. The Morgan fingerprint density at radius 1 is 1.16 bits per heavy atom. The van der Waals surface area contributed by atoms with Gasteiger partial charge in [-0.15, -0.1) is 10.2 Å². The van der Waals surface area contributed by atoms with E-state index in [0.29, 0.717) is 33.8 Å². The number of carbonyl (C=O) groups excluding carboxylic acids is 1. The summed E-state index contributed by atoms with van der Waals surface area (Å²) < 4.78 is 18.1. The number of hydrogen-bond acceptors (Lipinski definition) is 8. The fourth-order valence-electron chi connectivity index (χ4n) is 3.40. The maximum atomic E-state index is 12.9. The Labute approximate surface area is 186 Å². The van der Waals surface area contributed by atoms with Gasteiger partial charge in [0.15, 0.2) is 5.76 Å². The largest absolute Gasteiger partial charge is 0.495 e. The molecule has 10 heteroatoms. The predicted molar refractivity (Wildman–Crippen MR) is 122 cm³/mol. The first-order valence-corrected chi connectivity index (χ1v) is 10.6. The van der Waals surface area contributed by atoms with E-state index in [0.717, 1.165) is 16.4 Å². The van der Waals surface area contributed by atoms with Crippen LogP contribution in [0, 0.1) is 0 Å². The zero-order chi connectivity index (χ0) is 22.2. The third-order valence-electron chi connectivity index (χ3n) is 5.01. The van der Waals surface area contributed by atoms with E-state index in [9.17, 15) is 4.79 Å². The lowest BCUT2D eigenvalue weighted by molar-refractivity contribution is -0.115. The Balaban J connectivity index is 1.38. The molecule has 3 N–H and O–H groups in total. The van der Waals surface area contributed by atoms with Crippen LogP contribution in [0.5, 0.6) is 5.75 Å². The van der Waals surface area contributed by atoms with Crippen LogP contribution in [0.2, 0.25) is 0 Å². The van der Waals surface area contributed by atoms with Gasteiger partial charge in [-0.1, -0.05) is 30.0 Å². The molecular formula is C22H19N5O4S. The average Bonchev–Trinajstić information content (AvgIpc) is 3.52. The van der Waals surface area contributed by atoms with Gasteiger partial charge < -0.3 is 24.7 Å². The number of carbonyl (C=O) groups is 1. The average molecular weight is 449 g/mol. The van der Waals surface area contributed by atoms with Gasteiger partial charge in [0, 0.05) is 16.8 Å². The number of para-hydroxylation sites is 1. The smallest absolute Gasteiger partial charge is 0.237 e. The minimum absolute atomic E-state index is 0.244. The van der Waals surface area contributed by atoms with Crippen LogP contribution in [0.25, 0.3) is 33.5 Å². The van der Waals surface area contributed by atoms with E-state index in [-0.39, 0.29) is 5.91 Å². The van der Waals surface area contributed by atoms with Crippen LogP contribution in [0.4, 0.5) is 5.69 Å². The molecule has 5 aromatic rings. The minimum atomic E-state index is -0.512. The third kappa shape index (κ3) is 3.44. The van der Waals surface area contributed by atoms with Crippen molar-refractivity contribution in [2.45, 2.75) is 17.3 Å². The topological polar surface area (TPSA) is 121 Å². The molecule has 1 amide bonds. The van der Waals surface area contributed by atoms with Crippen LogP contribution in [0.3, 0.4) is 0 Å². The highest BCUT2D eigenvalue weighted by Crippen LogP contribution is 2.36. The maximum Gasteiger partial charge on any atom is 0.237 e. The van der Waals surface area contributed by atoms with Gasteiger partial charge in [-0.3, -0.25) is 4.79 Å². The Kier molecular flexibility index (Phi) is 4.98. The normalized spacial score (nSPS) is 12.3. The first-order valence-electron chi connectivity index (χ1n) is 9.76. The van der Waals surface area contributed by atoms with Crippen LogP contribution in [-0.4, -0.2) is 33.1 Å². The zero-order valence-electron chi connectivity index (χ0n) is 17.2. The number of nitrogen functional groups attached to an aromatic ring is 1. The third-order valence-corrected chi connectivity index (χ3v) is 6.07. The highest BCUT2D eigenvalue weighted by atomic mass is 32.2. The van der Waals surface area contributed by atoms with E-state index in [1.165, 1.54) is 22.7 Å². The fraction of sp³-hybridized carbons (Fsp3) is 0.136. The van der Waals surface area contributed by atoms with Crippen molar-refractivity contribution in [3.05, 3.63) is 54.8 Å². The van der Waals surface area contributed by atoms with E-state index in [4.69, 9.17) is 19.4 Å². The van der Waals surface area contributed by atoms with Crippen molar-refractivity contribution >= 4 is 45.3 Å². The summed E-state index contributed by atoms with van der Waals surface area (Å²) in [6.45, 7) is 1.76. The van der Waals surface area contributed by atoms with Crippen LogP contribution < -0.4 is 15.9 Å². The molecule has 0 radical (unpaired) electrons. The molecule has 1 unspecified atom stereocenters. The Morgan fingerprint density at radius 3 is 2.78 bits per heavy atom. The molecule has 3 aromatic heterocycles. The van der Waals surface area contributed by atoms with Gasteiger partial charge in [-0.25, -0.2) is 4.68 Å². The molecule has 32 heavy (non-hydrogen) atoms. The summed E-state index contributed by atoms with van der Waals surface area (Å²) in [4.78, 5) is 12.9. The first kappa shape index (κ1) is 20.0. The second-order valence-electron chi connectivity index (χ2n) is 7.05. The van der Waals surface area contributed by atoms with Crippen LogP contribution in [0.1, 0.15) is 6.92 Å². The molecule has 9 nitrogen and oxygen atoms in total. The number of rotatable bonds is 6. The van der Waals surface area contributed by atoms with Crippen molar-refractivity contribution in [2.24, 2.45) is 0 Å². The molecule has 0 fully saturated rings. The summed E-state index contributed by atoms with van der Waals surface area (Å²) >= 11 is 1.18. The number of ether oxygens (including phenoxy) is 1. The molecule has 5 rings (SSSR count). The Hall–Kier alpha value is -3.92. The van der Waals surface area contributed by atoms with Gasteiger partial charge in [0.05, 0.1) is 24.3 Å². The lowest BCUT2D eigenvalue weighted by Gasteiger charge is -2.14. The molecule has 0 aliphatic carbocycles. The number of methoxy groups -OCH3 is 1. The molecule has 2 aromatic carbocycles. The molecule has 3 heterocycles. The summed E-state index contributed by atoms with van der Waals surface area (Å²) in [5.41, 5.74) is 1.95. The van der Waals surface area contributed by atoms with E-state index >= 15 is 0 Å². The number of aromatic nitrogens is 3. The number of furan rings is 2. The van der Waals surface area contributed by atoms with Crippen molar-refractivity contribution in [3.8, 4) is 17.3 Å². The maximum absolute atomic E-state index is 12.9. The number of benzene rings is 2. The van der Waals surface area contributed by atoms with E-state index in [1.807, 2.05) is 30.3 Å². The predicted octanol–water partition coefficient (Wildman–Crippen LogP) is 4.28. The molecule has 1 atom stereocenters. The second-order valence-corrected chi connectivity index (χ2v) is 8.36. The summed E-state index contributed by atoms with van der Waals surface area (Å²) in [6.07, 6.45) is 1.53. The molecule has 0 aliphatic heterocycles. The molecule has 0 bridgehead atoms. The summed E-state index contributed by atoms with van der Waals surface area (Å²) in [5, 5.41) is 12.8. The van der Waals surface area contributed by atoms with Crippen LogP contribution in [0.15, 0.2) is 68.8 Å². The molecule has 0 spiro atoms. The van der Waals surface area contributed by atoms with Gasteiger partial charge in [0.25, 0.3) is 0 Å². The molecule has 0 aliphatic rings. The van der Waals surface area contributed by atoms with Crippen molar-refractivity contribution in [3.63, 3.8) is 0 Å². The van der Waals surface area contributed by atoms with Gasteiger partial charge in [-0.2, -0.15) is 0 Å². The highest BCUT2D eigenvalue weighted by Gasteiger charge is 2.22. The van der Waals surface area contributed by atoms with Gasteiger partial charge in [0.2, 0.25) is 16.9 Å². The number of amides is 1. The highest BCUT2D eigenvalue weighted by molar-refractivity contribution is 8.00. The quantitative estimate of drug-likeness (QED) is 0.291. The Morgan fingerprint density at radius 2 is 2.00 bits per heavy atom. The minimum Gasteiger partial charge on any atom is -0.495 e. The van der Waals surface area contributed by atoms with Gasteiger partial charge in [-0.05, 0) is 31.2 Å². The number of nitrogens with one attached hydrogen (secondary N) is 1. The lowest BCUT2D eigenvalue weighted by Crippen LogP contribution is -2.24. The fourth-order valence-corrected chi connectivity index (χ4v) is 4.17. The Bertz CT molecular complexity index is 1420. The summed E-state index contributed by atoms with van der Waals surface area (Å²) in [5.74, 6) is 7.25. The summed E-state index contributed by atoms with van der Waals surface area (Å²) in [7, 11) is 1.56. The van der Waals surface area contributed by atoms with Gasteiger partial charge >= 0.3 is 0 Å². The number of anilines is 1. The lowest BCUT2D eigenvalue weighted by atomic mass is 10.1. The van der Waals surface area contributed by atoms with Crippen molar-refractivity contribution in [2.75, 3.05) is 18.3 Å². The first-order chi connectivity index (χ1) is 15.5. The van der Waals surface area contributed by atoms with Crippen molar-refractivity contribution in [1.29, 1.82) is 0 Å². The molecule has 0 saturated heterocycles. The van der Waals surface area contributed by atoms with Crippen LogP contribution in [-0.2, 0) is 4.79 Å². The number of thioether (sulfide) groups is 1. The second kappa shape index (κ2) is 7.97. The summed E-state index contributed by atoms with van der Waals surface area (Å²) in [6, 6.07) is 14.8. The van der Waals surface area contributed by atoms with Crippen LogP contribution >= 0.6 is 11.8 Å². The van der Waals surface area contributed by atoms with Gasteiger partial charge in [0.1, 0.15) is 16.9 Å². The van der Waals surface area contributed by atoms with E-state index in [1.54, 1.807) is 32.2 Å².